The summed E-state index contributed by atoms with van der Waals surface area (Å²) in [5.41, 5.74) is 1.30. The Hall–Kier alpha value is -2.08. The smallest absolute Gasteiger partial charge is 0.319 e. The summed E-state index contributed by atoms with van der Waals surface area (Å²) < 4.78 is 5.77. The van der Waals surface area contributed by atoms with Crippen LogP contribution in [0.3, 0.4) is 0 Å². The van der Waals surface area contributed by atoms with Crippen molar-refractivity contribution in [3.8, 4) is 0 Å². The summed E-state index contributed by atoms with van der Waals surface area (Å²) in [6, 6.07) is 6.74. The van der Waals surface area contributed by atoms with Gasteiger partial charge in [-0.3, -0.25) is 4.79 Å². The van der Waals surface area contributed by atoms with Gasteiger partial charge in [-0.05, 0) is 57.4 Å². The van der Waals surface area contributed by atoms with Gasteiger partial charge in [-0.2, -0.15) is 0 Å². The van der Waals surface area contributed by atoms with Crippen LogP contribution in [0.15, 0.2) is 24.3 Å². The molecule has 0 aliphatic heterocycles. The zero-order valence-corrected chi connectivity index (χ0v) is 15.9. The third-order valence-electron chi connectivity index (χ3n) is 4.70. The monoisotopic (exact) mass is 361 g/mol. The second-order valence-electron chi connectivity index (χ2n) is 6.57. The zero-order valence-electron chi connectivity index (χ0n) is 15.9. The summed E-state index contributed by atoms with van der Waals surface area (Å²) in [5, 5.41) is 5.61. The third-order valence-corrected chi connectivity index (χ3v) is 4.70. The number of urea groups is 1. The van der Waals surface area contributed by atoms with Crippen LogP contribution in [0.4, 0.5) is 10.5 Å². The average Bonchev–Trinajstić information content (AvgIpc) is 3.16. The minimum Gasteiger partial charge on any atom is -0.378 e. The Labute approximate surface area is 156 Å². The quantitative estimate of drug-likeness (QED) is 0.660. The van der Waals surface area contributed by atoms with E-state index >= 15 is 0 Å². The van der Waals surface area contributed by atoms with Gasteiger partial charge in [0.05, 0.1) is 6.10 Å². The lowest BCUT2D eigenvalue weighted by atomic mass is 10.2. The zero-order chi connectivity index (χ0) is 18.8. The van der Waals surface area contributed by atoms with Gasteiger partial charge in [-0.25, -0.2) is 4.79 Å². The molecule has 6 heteroatoms. The predicted molar refractivity (Wildman–Crippen MR) is 104 cm³/mol. The molecule has 1 fully saturated rings. The van der Waals surface area contributed by atoms with E-state index in [1.807, 2.05) is 13.8 Å². The summed E-state index contributed by atoms with van der Waals surface area (Å²) in [4.78, 5) is 25.9. The van der Waals surface area contributed by atoms with Crippen molar-refractivity contribution in [2.45, 2.75) is 52.1 Å². The lowest BCUT2D eigenvalue weighted by Crippen LogP contribution is -2.31. The molecule has 0 spiro atoms. The van der Waals surface area contributed by atoms with Gasteiger partial charge >= 0.3 is 6.03 Å². The minimum absolute atomic E-state index is 0.00765. The number of ether oxygens (including phenoxy) is 1. The SMILES string of the molecule is CCN(CC)C(=O)c1ccc(NC(=O)NCCCOC2CCCC2)cc1. The fraction of sp³-hybridized carbons (Fsp3) is 0.600. The van der Waals surface area contributed by atoms with Gasteiger partial charge in [-0.1, -0.05) is 12.8 Å². The van der Waals surface area contributed by atoms with Crippen molar-refractivity contribution in [3.63, 3.8) is 0 Å². The normalized spacial score (nSPS) is 14.2. The Kier molecular flexibility index (Phi) is 8.41. The molecular formula is C20H31N3O3. The summed E-state index contributed by atoms with van der Waals surface area (Å²) in [6.07, 6.45) is 6.10. The molecule has 0 unspecified atom stereocenters. The molecule has 3 amide bonds. The van der Waals surface area contributed by atoms with E-state index < -0.39 is 0 Å². The Morgan fingerprint density at radius 1 is 1.12 bits per heavy atom. The Morgan fingerprint density at radius 2 is 1.77 bits per heavy atom. The van der Waals surface area contributed by atoms with Crippen LogP contribution in [0.25, 0.3) is 0 Å². The maximum atomic E-state index is 12.3. The van der Waals surface area contributed by atoms with E-state index in [2.05, 4.69) is 10.6 Å². The van der Waals surface area contributed by atoms with Crippen molar-refractivity contribution in [1.82, 2.24) is 10.2 Å². The summed E-state index contributed by atoms with van der Waals surface area (Å²) >= 11 is 0. The van der Waals surface area contributed by atoms with E-state index in [0.29, 0.717) is 43.6 Å². The molecule has 0 radical (unpaired) electrons. The van der Waals surface area contributed by atoms with E-state index in [4.69, 9.17) is 4.74 Å². The highest BCUT2D eigenvalue weighted by Crippen LogP contribution is 2.20. The number of hydrogen-bond acceptors (Lipinski definition) is 3. The van der Waals surface area contributed by atoms with Crippen LogP contribution in [0.2, 0.25) is 0 Å². The van der Waals surface area contributed by atoms with Gasteiger partial charge in [0.1, 0.15) is 0 Å². The van der Waals surface area contributed by atoms with Gasteiger partial charge in [0.25, 0.3) is 5.91 Å². The lowest BCUT2D eigenvalue weighted by molar-refractivity contribution is 0.0572. The van der Waals surface area contributed by atoms with E-state index in [-0.39, 0.29) is 11.9 Å². The number of benzene rings is 1. The van der Waals surface area contributed by atoms with Crippen molar-refractivity contribution in [2.24, 2.45) is 0 Å². The van der Waals surface area contributed by atoms with Gasteiger partial charge in [0.2, 0.25) is 0 Å². The summed E-state index contributed by atoms with van der Waals surface area (Å²) in [5.74, 6) is 0.00765. The number of nitrogens with one attached hydrogen (secondary N) is 2. The van der Waals surface area contributed by atoms with Crippen molar-refractivity contribution in [1.29, 1.82) is 0 Å². The third kappa shape index (κ3) is 6.33. The molecule has 0 aromatic heterocycles. The highest BCUT2D eigenvalue weighted by atomic mass is 16.5. The first-order chi connectivity index (χ1) is 12.6. The second kappa shape index (κ2) is 10.8. The Bertz CT molecular complexity index is 564. The van der Waals surface area contributed by atoms with Gasteiger partial charge in [0, 0.05) is 37.5 Å². The molecular weight excluding hydrogens is 330 g/mol. The van der Waals surface area contributed by atoms with Crippen LogP contribution in [0, 0.1) is 0 Å². The first-order valence-electron chi connectivity index (χ1n) is 9.69. The largest absolute Gasteiger partial charge is 0.378 e. The average molecular weight is 361 g/mol. The number of nitrogens with zero attached hydrogens (tertiary/aromatic N) is 1. The Morgan fingerprint density at radius 3 is 2.38 bits per heavy atom. The molecule has 144 valence electrons. The van der Waals surface area contributed by atoms with Gasteiger partial charge in [0.15, 0.2) is 0 Å². The molecule has 1 aromatic carbocycles. The number of carbonyl (C=O) groups is 2. The molecule has 1 saturated carbocycles. The number of rotatable bonds is 9. The minimum atomic E-state index is -0.242. The fourth-order valence-electron chi connectivity index (χ4n) is 3.14. The van der Waals surface area contributed by atoms with E-state index in [1.165, 1.54) is 25.7 Å². The van der Waals surface area contributed by atoms with Crippen molar-refractivity contribution >= 4 is 17.6 Å². The highest BCUT2D eigenvalue weighted by Gasteiger charge is 2.15. The van der Waals surface area contributed by atoms with Gasteiger partial charge in [-0.15, -0.1) is 0 Å². The number of carbonyl (C=O) groups excluding carboxylic acids is 2. The highest BCUT2D eigenvalue weighted by molar-refractivity contribution is 5.95. The summed E-state index contributed by atoms with van der Waals surface area (Å²) in [7, 11) is 0. The van der Waals surface area contributed by atoms with E-state index in [0.717, 1.165) is 6.42 Å². The number of anilines is 1. The van der Waals surface area contributed by atoms with Crippen molar-refractivity contribution in [2.75, 3.05) is 31.6 Å². The molecule has 0 heterocycles. The predicted octanol–water partition coefficient (Wildman–Crippen LogP) is 3.64. The molecule has 2 rings (SSSR count). The van der Waals surface area contributed by atoms with Crippen LogP contribution in [-0.4, -0.2) is 49.2 Å². The molecule has 1 aromatic rings. The number of amides is 3. The topological polar surface area (TPSA) is 70.7 Å². The first kappa shape index (κ1) is 20.2. The molecule has 1 aliphatic rings. The van der Waals surface area contributed by atoms with Crippen LogP contribution in [-0.2, 0) is 4.74 Å². The maximum Gasteiger partial charge on any atom is 0.319 e. The fourth-order valence-corrected chi connectivity index (χ4v) is 3.14. The molecule has 26 heavy (non-hydrogen) atoms. The van der Waals surface area contributed by atoms with Crippen LogP contribution < -0.4 is 10.6 Å². The van der Waals surface area contributed by atoms with Crippen LogP contribution in [0.5, 0.6) is 0 Å². The molecule has 0 atom stereocenters. The van der Waals surface area contributed by atoms with Crippen molar-refractivity contribution in [3.05, 3.63) is 29.8 Å². The molecule has 0 bridgehead atoms. The molecule has 0 saturated heterocycles. The van der Waals surface area contributed by atoms with E-state index in [1.54, 1.807) is 29.2 Å². The molecule has 6 nitrogen and oxygen atoms in total. The van der Waals surface area contributed by atoms with E-state index in [9.17, 15) is 9.59 Å². The van der Waals surface area contributed by atoms with Gasteiger partial charge < -0.3 is 20.3 Å². The van der Waals surface area contributed by atoms with Crippen molar-refractivity contribution < 1.29 is 14.3 Å². The Balaban J connectivity index is 1.67. The van der Waals surface area contributed by atoms with Crippen LogP contribution >= 0.6 is 0 Å². The first-order valence-corrected chi connectivity index (χ1v) is 9.69. The molecule has 2 N–H and O–H groups in total. The molecule has 1 aliphatic carbocycles. The van der Waals surface area contributed by atoms with Crippen LogP contribution in [0.1, 0.15) is 56.3 Å². The summed E-state index contributed by atoms with van der Waals surface area (Å²) in [6.45, 7) is 6.55. The lowest BCUT2D eigenvalue weighted by Gasteiger charge is -2.18. The standard InChI is InChI=1S/C20H31N3O3/c1-3-23(4-2)19(24)16-10-12-17(13-11-16)22-20(25)21-14-7-15-26-18-8-5-6-9-18/h10-13,18H,3-9,14-15H2,1-2H3,(H2,21,22,25). The second-order valence-corrected chi connectivity index (χ2v) is 6.57. The maximum absolute atomic E-state index is 12.3. The number of hydrogen-bond donors (Lipinski definition) is 2.